The van der Waals surface area contributed by atoms with Crippen LogP contribution in [0.3, 0.4) is 0 Å². The molecule has 2 amide bonds. The summed E-state index contributed by atoms with van der Waals surface area (Å²) in [6, 6.07) is 20.2. The number of aliphatic imine (C=N–C) groups is 1. The smallest absolute Gasteiger partial charge is 0.334 e. The van der Waals surface area contributed by atoms with Gasteiger partial charge in [0.25, 0.3) is 0 Å². The van der Waals surface area contributed by atoms with E-state index in [1.165, 1.54) is 28.8 Å². The van der Waals surface area contributed by atoms with Gasteiger partial charge in [0.15, 0.2) is 11.0 Å². The summed E-state index contributed by atoms with van der Waals surface area (Å²) in [5, 5.41) is 8.32. The summed E-state index contributed by atoms with van der Waals surface area (Å²) in [6.45, 7) is 9.39. The van der Waals surface area contributed by atoms with E-state index < -0.39 is 12.6 Å². The van der Waals surface area contributed by atoms with E-state index in [1.807, 2.05) is 31.2 Å². The first kappa shape index (κ1) is 34.2. The number of nitrogens with one attached hydrogen (secondary N) is 1. The van der Waals surface area contributed by atoms with Gasteiger partial charge in [-0.1, -0.05) is 74.1 Å². The number of amidine groups is 1. The number of benzene rings is 3. The van der Waals surface area contributed by atoms with Gasteiger partial charge in [-0.3, -0.25) is 0 Å². The normalized spacial score (nSPS) is 15.3. The molecule has 47 heavy (non-hydrogen) atoms. The largest absolute Gasteiger partial charge is 0.393 e. The molecule has 2 heterocycles. The number of alkyl halides is 3. The summed E-state index contributed by atoms with van der Waals surface area (Å²) < 4.78 is 39.5. The minimum atomic E-state index is -4.24. The van der Waals surface area contributed by atoms with Gasteiger partial charge in [-0.25, -0.2) is 14.5 Å². The topological polar surface area (TPSA) is 75.4 Å². The van der Waals surface area contributed by atoms with Crippen LogP contribution in [0.5, 0.6) is 0 Å². The molecule has 5 rings (SSSR count). The Morgan fingerprint density at radius 1 is 1.02 bits per heavy atom. The summed E-state index contributed by atoms with van der Waals surface area (Å²) in [4.78, 5) is 24.0. The lowest BCUT2D eigenvalue weighted by Crippen LogP contribution is -2.38. The highest BCUT2D eigenvalue weighted by atomic mass is 32.2. The minimum Gasteiger partial charge on any atom is -0.334 e. The first-order chi connectivity index (χ1) is 22.5. The van der Waals surface area contributed by atoms with Gasteiger partial charge in [0.1, 0.15) is 6.33 Å². The average molecular weight is 663 g/mol. The van der Waals surface area contributed by atoms with Crippen molar-refractivity contribution >= 4 is 28.6 Å². The van der Waals surface area contributed by atoms with E-state index in [1.54, 1.807) is 34.9 Å². The number of thioether (sulfide) groups is 1. The number of urea groups is 1. The van der Waals surface area contributed by atoms with Gasteiger partial charge in [-0.2, -0.15) is 18.2 Å². The molecule has 1 aromatic heterocycles. The van der Waals surface area contributed by atoms with E-state index in [4.69, 9.17) is 0 Å². The molecule has 0 radical (unpaired) electrons. The summed E-state index contributed by atoms with van der Waals surface area (Å²) in [5.41, 5.74) is 6.54. The van der Waals surface area contributed by atoms with Gasteiger partial charge in [0, 0.05) is 29.6 Å². The van der Waals surface area contributed by atoms with Crippen LogP contribution in [0.2, 0.25) is 0 Å². The van der Waals surface area contributed by atoms with Crippen molar-refractivity contribution in [3.8, 4) is 17.1 Å². The number of anilines is 1. The second kappa shape index (κ2) is 15.2. The van der Waals surface area contributed by atoms with Crippen molar-refractivity contribution in [2.75, 3.05) is 17.2 Å². The van der Waals surface area contributed by atoms with Crippen LogP contribution >= 0.6 is 11.8 Å². The lowest BCUT2D eigenvalue weighted by Gasteiger charge is -2.32. The van der Waals surface area contributed by atoms with Gasteiger partial charge in [0.2, 0.25) is 0 Å². The third-order valence-corrected chi connectivity index (χ3v) is 9.20. The first-order valence-corrected chi connectivity index (χ1v) is 17.0. The number of carbonyl (C=O) groups excluding carboxylic acids is 1. The standard InChI is InChI=1S/C36H41F3N6OS/c1-24(2)32-25(3)8-5-11-31(32)44-20-7-21-47-35(44)42-34(46)41-26(4)9-6-10-27-12-16-29(17-13-27)33-40-23-45(43-33)30-18-14-28(15-19-30)22-36(37,38)39/h5,8,11-19,23-24,26H,6-7,9-10,20-22H2,1-4H3,(H,41,46)/b42-35-. The van der Waals surface area contributed by atoms with Gasteiger partial charge >= 0.3 is 12.2 Å². The monoisotopic (exact) mass is 662 g/mol. The SMILES string of the molecule is Cc1cccc(N2CCCS/C2=N\C(=O)NC(C)CCCc2ccc(-c3ncn(-c4ccc(CC(F)(F)F)cc4)n3)cc2)c1C(C)C. The van der Waals surface area contributed by atoms with Crippen LogP contribution in [0.4, 0.5) is 23.7 Å². The van der Waals surface area contributed by atoms with Crippen molar-refractivity contribution < 1.29 is 18.0 Å². The fourth-order valence-corrected chi connectivity index (χ4v) is 6.83. The van der Waals surface area contributed by atoms with Gasteiger partial charge in [0.05, 0.1) is 12.1 Å². The molecule has 4 aromatic rings. The highest BCUT2D eigenvalue weighted by Crippen LogP contribution is 2.34. The Labute approximate surface area is 278 Å². The Hall–Kier alpha value is -4.12. The number of hydrogen-bond donors (Lipinski definition) is 1. The molecule has 248 valence electrons. The van der Waals surface area contributed by atoms with Crippen LogP contribution < -0.4 is 10.2 Å². The molecule has 0 spiro atoms. The molecule has 0 saturated carbocycles. The molecule has 0 aliphatic carbocycles. The van der Waals surface area contributed by atoms with E-state index >= 15 is 0 Å². The number of aromatic nitrogens is 3. The van der Waals surface area contributed by atoms with Crippen LogP contribution in [-0.2, 0) is 12.8 Å². The van der Waals surface area contributed by atoms with Crippen molar-refractivity contribution in [3.05, 3.63) is 95.3 Å². The van der Waals surface area contributed by atoms with Gasteiger partial charge in [-0.05, 0) is 85.9 Å². The lowest BCUT2D eigenvalue weighted by atomic mass is 9.95. The summed E-state index contributed by atoms with van der Waals surface area (Å²) >= 11 is 1.64. The number of carbonyl (C=O) groups is 1. The Morgan fingerprint density at radius 2 is 1.74 bits per heavy atom. The molecular formula is C36H41F3N6OS. The summed E-state index contributed by atoms with van der Waals surface area (Å²) in [6.07, 6.45) is -0.0327. The Bertz CT molecular complexity index is 1680. The molecule has 1 N–H and O–H groups in total. The van der Waals surface area contributed by atoms with Gasteiger partial charge in [-0.15, -0.1) is 5.10 Å². The van der Waals surface area contributed by atoms with E-state index in [-0.39, 0.29) is 17.6 Å². The Morgan fingerprint density at radius 3 is 2.45 bits per heavy atom. The number of halogens is 3. The molecule has 1 fully saturated rings. The molecular weight excluding hydrogens is 621 g/mol. The van der Waals surface area contributed by atoms with E-state index in [0.29, 0.717) is 17.4 Å². The minimum absolute atomic E-state index is 0.0194. The number of aryl methyl sites for hydroxylation is 2. The zero-order valence-electron chi connectivity index (χ0n) is 27.2. The van der Waals surface area contributed by atoms with Crippen LogP contribution in [-0.4, -0.2) is 50.5 Å². The third kappa shape index (κ3) is 9.24. The number of amides is 2. The lowest BCUT2D eigenvalue weighted by molar-refractivity contribution is -0.127. The number of hydrogen-bond acceptors (Lipinski definition) is 4. The highest BCUT2D eigenvalue weighted by molar-refractivity contribution is 8.14. The Balaban J connectivity index is 1.12. The molecule has 11 heteroatoms. The molecule has 1 saturated heterocycles. The fraction of sp³-hybridized carbons (Fsp3) is 0.389. The molecule has 1 unspecified atom stereocenters. The zero-order chi connectivity index (χ0) is 33.6. The Kier molecular flexibility index (Phi) is 11.1. The van der Waals surface area contributed by atoms with Crippen molar-refractivity contribution in [2.45, 2.75) is 77.9 Å². The van der Waals surface area contributed by atoms with Crippen LogP contribution in [0.1, 0.15) is 68.2 Å². The molecule has 3 aromatic carbocycles. The fourth-order valence-electron chi connectivity index (χ4n) is 5.88. The maximum absolute atomic E-state index is 13.0. The molecule has 1 aliphatic heterocycles. The molecule has 7 nitrogen and oxygen atoms in total. The predicted octanol–water partition coefficient (Wildman–Crippen LogP) is 8.89. The van der Waals surface area contributed by atoms with Crippen molar-refractivity contribution in [1.29, 1.82) is 0 Å². The van der Waals surface area contributed by atoms with E-state index in [9.17, 15) is 18.0 Å². The molecule has 1 aliphatic rings. The first-order valence-electron chi connectivity index (χ1n) is 16.0. The second-order valence-electron chi connectivity index (χ2n) is 12.3. The highest BCUT2D eigenvalue weighted by Gasteiger charge is 2.27. The maximum Gasteiger partial charge on any atom is 0.393 e. The molecule has 1 atom stereocenters. The van der Waals surface area contributed by atoms with E-state index in [0.717, 1.165) is 54.4 Å². The van der Waals surface area contributed by atoms with Gasteiger partial charge < -0.3 is 10.2 Å². The maximum atomic E-state index is 13.0. The number of nitrogens with zero attached hydrogens (tertiary/aromatic N) is 5. The van der Waals surface area contributed by atoms with Crippen LogP contribution in [0, 0.1) is 6.92 Å². The van der Waals surface area contributed by atoms with Crippen molar-refractivity contribution in [2.24, 2.45) is 4.99 Å². The third-order valence-electron chi connectivity index (χ3n) is 8.14. The van der Waals surface area contributed by atoms with Crippen LogP contribution in [0.15, 0.2) is 78.0 Å². The van der Waals surface area contributed by atoms with E-state index in [2.05, 4.69) is 64.3 Å². The quantitative estimate of drug-likeness (QED) is 0.184. The zero-order valence-corrected chi connectivity index (χ0v) is 28.0. The predicted molar refractivity (Wildman–Crippen MR) is 185 cm³/mol. The van der Waals surface area contributed by atoms with Crippen molar-refractivity contribution in [1.82, 2.24) is 20.1 Å². The summed E-state index contributed by atoms with van der Waals surface area (Å²) in [7, 11) is 0. The van der Waals surface area contributed by atoms with Crippen LogP contribution in [0.25, 0.3) is 17.1 Å². The number of rotatable bonds is 10. The van der Waals surface area contributed by atoms with Crippen molar-refractivity contribution in [3.63, 3.8) is 0 Å². The molecule has 0 bridgehead atoms. The summed E-state index contributed by atoms with van der Waals surface area (Å²) in [5.74, 6) is 1.85. The average Bonchev–Trinajstić information content (AvgIpc) is 3.51. The second-order valence-corrected chi connectivity index (χ2v) is 13.4.